The van der Waals surface area contributed by atoms with Crippen LogP contribution in [0.25, 0.3) is 0 Å². The molecule has 1 N–H and O–H groups in total. The van der Waals surface area contributed by atoms with Crippen molar-refractivity contribution in [3.05, 3.63) is 33.1 Å². The molecule has 1 aromatic rings. The van der Waals surface area contributed by atoms with E-state index >= 15 is 0 Å². The maximum absolute atomic E-state index is 12.4. The number of amides is 1. The van der Waals surface area contributed by atoms with E-state index in [0.717, 1.165) is 39.3 Å². The summed E-state index contributed by atoms with van der Waals surface area (Å²) in [6, 6.07) is 1.70. The maximum Gasteiger partial charge on any atom is 0.328 e. The molecule has 0 aromatic carbocycles. The van der Waals surface area contributed by atoms with Crippen molar-refractivity contribution in [3.63, 3.8) is 0 Å². The van der Waals surface area contributed by atoms with Crippen LogP contribution in [-0.2, 0) is 11.3 Å². The second-order valence-electron chi connectivity index (χ2n) is 6.35. The van der Waals surface area contributed by atoms with Crippen molar-refractivity contribution in [2.24, 2.45) is 0 Å². The Morgan fingerprint density at radius 2 is 2.00 bits per heavy atom. The van der Waals surface area contributed by atoms with E-state index in [4.69, 9.17) is 0 Å². The molecule has 23 heavy (non-hydrogen) atoms. The van der Waals surface area contributed by atoms with Crippen LogP contribution in [0, 0.1) is 0 Å². The van der Waals surface area contributed by atoms with Crippen LogP contribution in [0.15, 0.2) is 21.9 Å². The summed E-state index contributed by atoms with van der Waals surface area (Å²) < 4.78 is 1.37. The summed E-state index contributed by atoms with van der Waals surface area (Å²) in [4.78, 5) is 43.9. The highest BCUT2D eigenvalue weighted by Crippen LogP contribution is 2.15. The minimum absolute atomic E-state index is 0.0657. The van der Waals surface area contributed by atoms with Gasteiger partial charge >= 0.3 is 5.69 Å². The molecule has 0 unspecified atom stereocenters. The molecule has 3 heterocycles. The van der Waals surface area contributed by atoms with E-state index < -0.39 is 11.2 Å². The molecule has 2 fully saturated rings. The van der Waals surface area contributed by atoms with Crippen molar-refractivity contribution in [2.75, 3.05) is 46.3 Å². The summed E-state index contributed by atoms with van der Waals surface area (Å²) in [6.45, 7) is 5.85. The van der Waals surface area contributed by atoms with Crippen molar-refractivity contribution in [1.82, 2.24) is 24.3 Å². The van der Waals surface area contributed by atoms with Crippen molar-refractivity contribution in [3.8, 4) is 0 Å². The first-order valence-corrected chi connectivity index (χ1v) is 8.03. The lowest BCUT2D eigenvalue weighted by molar-refractivity contribution is -0.135. The van der Waals surface area contributed by atoms with Crippen molar-refractivity contribution < 1.29 is 4.79 Å². The van der Waals surface area contributed by atoms with Crippen LogP contribution in [0.4, 0.5) is 0 Å². The lowest BCUT2D eigenvalue weighted by Gasteiger charge is -2.46. The standard InChI is InChI=1S/C15H23N5O3/c1-17-6-7-18-8-9-20(11-12(18)10-17)14(22)3-5-19-4-2-13(21)16-15(19)23/h2,4,12H,3,5-11H2,1H3,(H,16,21,23)/t12-/m1/s1. The topological polar surface area (TPSA) is 81.7 Å². The number of aryl methyl sites for hydroxylation is 1. The van der Waals surface area contributed by atoms with Crippen LogP contribution in [0.3, 0.4) is 0 Å². The molecule has 8 heteroatoms. The zero-order valence-electron chi connectivity index (χ0n) is 13.4. The van der Waals surface area contributed by atoms with Gasteiger partial charge in [0.2, 0.25) is 5.91 Å². The van der Waals surface area contributed by atoms with E-state index in [0.29, 0.717) is 12.6 Å². The van der Waals surface area contributed by atoms with Gasteiger partial charge in [-0.05, 0) is 7.05 Å². The molecular weight excluding hydrogens is 298 g/mol. The molecular formula is C15H23N5O3. The van der Waals surface area contributed by atoms with Crippen LogP contribution >= 0.6 is 0 Å². The van der Waals surface area contributed by atoms with Gasteiger partial charge in [-0.1, -0.05) is 0 Å². The Bertz CT molecular complexity index is 682. The van der Waals surface area contributed by atoms with Gasteiger partial charge in [-0.2, -0.15) is 0 Å². The number of aromatic nitrogens is 2. The molecule has 2 aliphatic heterocycles. The van der Waals surface area contributed by atoms with Crippen LogP contribution in [0.2, 0.25) is 0 Å². The molecule has 1 atom stereocenters. The highest BCUT2D eigenvalue weighted by atomic mass is 16.2. The SMILES string of the molecule is CN1CCN2CCN(C(=O)CCn3ccc(=O)[nH]c3=O)C[C@H]2C1. The number of carbonyl (C=O) groups excluding carboxylic acids is 1. The van der Waals surface area contributed by atoms with Crippen LogP contribution in [0.1, 0.15) is 6.42 Å². The summed E-state index contributed by atoms with van der Waals surface area (Å²) in [5.41, 5.74) is -0.890. The molecule has 1 amide bonds. The number of nitrogens with zero attached hydrogens (tertiary/aromatic N) is 4. The van der Waals surface area contributed by atoms with Gasteiger partial charge in [0.15, 0.2) is 0 Å². The molecule has 2 saturated heterocycles. The zero-order valence-corrected chi connectivity index (χ0v) is 13.4. The van der Waals surface area contributed by atoms with Gasteiger partial charge in [-0.15, -0.1) is 0 Å². The minimum atomic E-state index is -0.468. The van der Waals surface area contributed by atoms with Crippen molar-refractivity contribution in [1.29, 1.82) is 0 Å². The summed E-state index contributed by atoms with van der Waals surface area (Å²) in [7, 11) is 2.11. The molecule has 0 spiro atoms. The quantitative estimate of drug-likeness (QED) is 0.724. The Balaban J connectivity index is 1.56. The van der Waals surface area contributed by atoms with Gasteiger partial charge < -0.3 is 14.4 Å². The number of rotatable bonds is 3. The molecule has 0 saturated carbocycles. The fourth-order valence-electron chi connectivity index (χ4n) is 3.33. The first-order chi connectivity index (χ1) is 11.0. The van der Waals surface area contributed by atoms with E-state index in [2.05, 4.69) is 21.8 Å². The largest absolute Gasteiger partial charge is 0.340 e. The zero-order chi connectivity index (χ0) is 16.4. The Kier molecular flexibility index (Phi) is 4.63. The average molecular weight is 321 g/mol. The summed E-state index contributed by atoms with van der Waals surface area (Å²) in [5, 5.41) is 0. The molecule has 0 aliphatic carbocycles. The Hall–Kier alpha value is -1.93. The third-order valence-corrected chi connectivity index (χ3v) is 4.71. The third-order valence-electron chi connectivity index (χ3n) is 4.71. The highest BCUT2D eigenvalue weighted by Gasteiger charge is 2.32. The van der Waals surface area contributed by atoms with Crippen LogP contribution < -0.4 is 11.2 Å². The first kappa shape index (κ1) is 15.9. The fourth-order valence-corrected chi connectivity index (χ4v) is 3.33. The molecule has 3 rings (SSSR count). The molecule has 8 nitrogen and oxygen atoms in total. The molecule has 1 aromatic heterocycles. The normalized spacial score (nSPS) is 22.8. The number of fused-ring (bicyclic) bond motifs is 1. The van der Waals surface area contributed by atoms with Gasteiger partial charge in [0, 0.05) is 70.5 Å². The van der Waals surface area contributed by atoms with Crippen molar-refractivity contribution in [2.45, 2.75) is 19.0 Å². The molecule has 0 radical (unpaired) electrons. The lowest BCUT2D eigenvalue weighted by atomic mass is 10.1. The smallest absolute Gasteiger partial charge is 0.328 e. The number of likely N-dealkylation sites (N-methyl/N-ethyl adjacent to an activating group) is 1. The number of aromatic amines is 1. The van der Waals surface area contributed by atoms with Crippen LogP contribution in [0.5, 0.6) is 0 Å². The van der Waals surface area contributed by atoms with Gasteiger partial charge in [-0.25, -0.2) is 4.79 Å². The number of carbonyl (C=O) groups is 1. The number of hydrogen-bond acceptors (Lipinski definition) is 5. The average Bonchev–Trinajstić information content (AvgIpc) is 2.53. The monoisotopic (exact) mass is 321 g/mol. The minimum Gasteiger partial charge on any atom is -0.340 e. The maximum atomic E-state index is 12.4. The van der Waals surface area contributed by atoms with E-state index in [9.17, 15) is 14.4 Å². The molecule has 0 bridgehead atoms. The van der Waals surface area contributed by atoms with Gasteiger partial charge in [0.05, 0.1) is 0 Å². The van der Waals surface area contributed by atoms with E-state index in [1.807, 2.05) is 4.90 Å². The third kappa shape index (κ3) is 3.70. The Labute approximate surface area is 134 Å². The predicted molar refractivity (Wildman–Crippen MR) is 85.4 cm³/mol. The van der Waals surface area contributed by atoms with E-state index in [-0.39, 0.29) is 12.3 Å². The predicted octanol–water partition coefficient (Wildman–Crippen LogP) is -1.62. The van der Waals surface area contributed by atoms with Crippen molar-refractivity contribution >= 4 is 5.91 Å². The summed E-state index contributed by atoms with van der Waals surface area (Å²) in [6.07, 6.45) is 1.71. The number of piperazine rings is 2. The fraction of sp³-hybridized carbons (Fsp3) is 0.667. The Morgan fingerprint density at radius 3 is 2.78 bits per heavy atom. The van der Waals surface area contributed by atoms with E-state index in [1.54, 1.807) is 0 Å². The lowest BCUT2D eigenvalue weighted by Crippen LogP contribution is -2.62. The number of H-pyrrole nitrogens is 1. The second-order valence-corrected chi connectivity index (χ2v) is 6.35. The first-order valence-electron chi connectivity index (χ1n) is 8.03. The van der Waals surface area contributed by atoms with Gasteiger partial charge in [-0.3, -0.25) is 19.5 Å². The summed E-state index contributed by atoms with van der Waals surface area (Å²) >= 11 is 0. The van der Waals surface area contributed by atoms with Gasteiger partial charge in [0.25, 0.3) is 5.56 Å². The van der Waals surface area contributed by atoms with Gasteiger partial charge in [0.1, 0.15) is 0 Å². The summed E-state index contributed by atoms with van der Waals surface area (Å²) in [5.74, 6) is 0.0657. The highest BCUT2D eigenvalue weighted by molar-refractivity contribution is 5.76. The van der Waals surface area contributed by atoms with Crippen LogP contribution in [-0.4, -0.2) is 82.5 Å². The number of hydrogen-bond donors (Lipinski definition) is 1. The Morgan fingerprint density at radius 1 is 1.22 bits per heavy atom. The second kappa shape index (κ2) is 6.67. The van der Waals surface area contributed by atoms with E-state index in [1.165, 1.54) is 16.8 Å². The molecule has 2 aliphatic rings. The molecule has 126 valence electrons. The number of nitrogens with one attached hydrogen (secondary N) is 1.